The summed E-state index contributed by atoms with van der Waals surface area (Å²) in [6.45, 7) is 0. The minimum absolute atomic E-state index is 0.0276. The third-order valence-corrected chi connectivity index (χ3v) is 3.43. The van der Waals surface area contributed by atoms with Crippen molar-refractivity contribution in [2.75, 3.05) is 14.1 Å². The quantitative estimate of drug-likeness (QED) is 0.793. The normalized spacial score (nSPS) is 10.1. The number of nitriles is 1. The molecule has 0 aliphatic heterocycles. The zero-order chi connectivity index (χ0) is 16.3. The highest BCUT2D eigenvalue weighted by Crippen LogP contribution is 2.14. The first-order valence-corrected chi connectivity index (χ1v) is 6.69. The molecule has 2 rings (SSSR count). The standard InChI is InChI=1S/C16H16N4O2/c1-19(2)15(21)8-13-6-7-14(20(13)3)16(22)11-4-5-12(9-17)18-10-11/h4-7,10H,8H2,1-3H3. The van der Waals surface area contributed by atoms with Gasteiger partial charge < -0.3 is 9.47 Å². The maximum absolute atomic E-state index is 12.5. The first-order valence-electron chi connectivity index (χ1n) is 6.69. The Balaban J connectivity index is 2.25. The summed E-state index contributed by atoms with van der Waals surface area (Å²) < 4.78 is 1.71. The monoisotopic (exact) mass is 296 g/mol. The molecule has 22 heavy (non-hydrogen) atoms. The van der Waals surface area contributed by atoms with Crippen LogP contribution in [0.25, 0.3) is 0 Å². The summed E-state index contributed by atoms with van der Waals surface area (Å²) >= 11 is 0. The molecular formula is C16H16N4O2. The Kier molecular flexibility index (Phi) is 4.37. The van der Waals surface area contributed by atoms with Crippen LogP contribution in [0.1, 0.15) is 27.4 Å². The second kappa shape index (κ2) is 6.22. The highest BCUT2D eigenvalue weighted by atomic mass is 16.2. The summed E-state index contributed by atoms with van der Waals surface area (Å²) in [6.07, 6.45) is 1.63. The van der Waals surface area contributed by atoms with Crippen LogP contribution in [0.15, 0.2) is 30.5 Å². The molecule has 2 aromatic heterocycles. The van der Waals surface area contributed by atoms with E-state index >= 15 is 0 Å². The smallest absolute Gasteiger partial charge is 0.227 e. The van der Waals surface area contributed by atoms with Crippen molar-refractivity contribution in [3.8, 4) is 6.07 Å². The molecule has 0 N–H and O–H groups in total. The molecule has 2 aromatic rings. The van der Waals surface area contributed by atoms with E-state index in [4.69, 9.17) is 5.26 Å². The summed E-state index contributed by atoms with van der Waals surface area (Å²) in [6, 6.07) is 8.46. The van der Waals surface area contributed by atoms with E-state index < -0.39 is 0 Å². The molecule has 112 valence electrons. The van der Waals surface area contributed by atoms with Crippen LogP contribution in [-0.4, -0.2) is 40.2 Å². The number of aromatic nitrogens is 2. The van der Waals surface area contributed by atoms with Crippen molar-refractivity contribution in [3.63, 3.8) is 0 Å². The Labute approximate surface area is 128 Å². The topological polar surface area (TPSA) is 79.0 Å². The van der Waals surface area contributed by atoms with E-state index in [-0.39, 0.29) is 23.8 Å². The Hall–Kier alpha value is -2.94. The van der Waals surface area contributed by atoms with Crippen molar-refractivity contribution in [1.29, 1.82) is 5.26 Å². The molecule has 6 heteroatoms. The van der Waals surface area contributed by atoms with E-state index in [2.05, 4.69) is 4.98 Å². The highest BCUT2D eigenvalue weighted by molar-refractivity contribution is 6.08. The zero-order valence-electron chi connectivity index (χ0n) is 12.7. The van der Waals surface area contributed by atoms with Gasteiger partial charge in [0.2, 0.25) is 11.7 Å². The number of carbonyl (C=O) groups excluding carboxylic acids is 2. The predicted octanol–water partition coefficient (Wildman–Crippen LogP) is 1.15. The molecule has 0 aliphatic rings. The second-order valence-corrected chi connectivity index (χ2v) is 5.11. The lowest BCUT2D eigenvalue weighted by molar-refractivity contribution is -0.128. The molecular weight excluding hydrogens is 280 g/mol. The van der Waals surface area contributed by atoms with Gasteiger partial charge in [0.25, 0.3) is 0 Å². The van der Waals surface area contributed by atoms with E-state index in [1.54, 1.807) is 43.9 Å². The van der Waals surface area contributed by atoms with Crippen LogP contribution in [-0.2, 0) is 18.3 Å². The van der Waals surface area contributed by atoms with Crippen molar-refractivity contribution in [2.45, 2.75) is 6.42 Å². The van der Waals surface area contributed by atoms with E-state index in [0.717, 1.165) is 5.69 Å². The molecule has 2 heterocycles. The van der Waals surface area contributed by atoms with Gasteiger partial charge in [-0.25, -0.2) is 4.98 Å². The fourth-order valence-corrected chi connectivity index (χ4v) is 2.01. The maximum Gasteiger partial charge on any atom is 0.227 e. The molecule has 0 saturated heterocycles. The molecule has 0 saturated carbocycles. The van der Waals surface area contributed by atoms with E-state index in [0.29, 0.717) is 11.3 Å². The number of carbonyl (C=O) groups is 2. The minimum atomic E-state index is -0.192. The van der Waals surface area contributed by atoms with Crippen molar-refractivity contribution >= 4 is 11.7 Å². The third-order valence-electron chi connectivity index (χ3n) is 3.43. The summed E-state index contributed by atoms with van der Waals surface area (Å²) in [5.41, 5.74) is 1.92. The van der Waals surface area contributed by atoms with Gasteiger partial charge >= 0.3 is 0 Å². The zero-order valence-corrected chi connectivity index (χ0v) is 12.7. The minimum Gasteiger partial charge on any atom is -0.348 e. The van der Waals surface area contributed by atoms with Gasteiger partial charge in [-0.1, -0.05) is 0 Å². The van der Waals surface area contributed by atoms with Crippen molar-refractivity contribution in [1.82, 2.24) is 14.5 Å². The van der Waals surface area contributed by atoms with Crippen LogP contribution < -0.4 is 0 Å². The van der Waals surface area contributed by atoms with Crippen LogP contribution >= 0.6 is 0 Å². The Morgan fingerprint density at radius 3 is 2.55 bits per heavy atom. The lowest BCUT2D eigenvalue weighted by atomic mass is 10.1. The number of hydrogen-bond acceptors (Lipinski definition) is 4. The summed E-state index contributed by atoms with van der Waals surface area (Å²) in [7, 11) is 5.14. The SMILES string of the molecule is CN(C)C(=O)Cc1ccc(C(=O)c2ccc(C#N)nc2)n1C. The van der Waals surface area contributed by atoms with Gasteiger partial charge in [0, 0.05) is 38.6 Å². The molecule has 0 spiro atoms. The Morgan fingerprint density at radius 1 is 1.27 bits per heavy atom. The van der Waals surface area contributed by atoms with E-state index in [1.165, 1.54) is 17.2 Å². The van der Waals surface area contributed by atoms with E-state index in [1.807, 2.05) is 6.07 Å². The summed E-state index contributed by atoms with van der Waals surface area (Å²) in [4.78, 5) is 29.6. The number of rotatable bonds is 4. The van der Waals surface area contributed by atoms with Gasteiger partial charge in [-0.2, -0.15) is 5.26 Å². The number of hydrogen-bond donors (Lipinski definition) is 0. The van der Waals surface area contributed by atoms with Crippen LogP contribution in [0.2, 0.25) is 0 Å². The number of amides is 1. The van der Waals surface area contributed by atoms with Gasteiger partial charge in [0.05, 0.1) is 12.1 Å². The molecule has 0 bridgehead atoms. The van der Waals surface area contributed by atoms with E-state index in [9.17, 15) is 9.59 Å². The molecule has 0 unspecified atom stereocenters. The fourth-order valence-electron chi connectivity index (χ4n) is 2.01. The average molecular weight is 296 g/mol. The molecule has 0 aromatic carbocycles. The van der Waals surface area contributed by atoms with Crippen LogP contribution in [0, 0.1) is 11.3 Å². The molecule has 6 nitrogen and oxygen atoms in total. The highest BCUT2D eigenvalue weighted by Gasteiger charge is 2.17. The largest absolute Gasteiger partial charge is 0.348 e. The predicted molar refractivity (Wildman–Crippen MR) is 80.2 cm³/mol. The number of pyridine rings is 1. The van der Waals surface area contributed by atoms with Gasteiger partial charge in [-0.3, -0.25) is 9.59 Å². The molecule has 0 fully saturated rings. The molecule has 0 radical (unpaired) electrons. The summed E-state index contributed by atoms with van der Waals surface area (Å²) in [5, 5.41) is 8.72. The molecule has 0 atom stereocenters. The number of nitrogens with zero attached hydrogens (tertiary/aromatic N) is 4. The first kappa shape index (κ1) is 15.4. The lowest BCUT2D eigenvalue weighted by Crippen LogP contribution is -2.24. The van der Waals surface area contributed by atoms with Crippen LogP contribution in [0.4, 0.5) is 0 Å². The van der Waals surface area contributed by atoms with Gasteiger partial charge in [0.1, 0.15) is 11.8 Å². The Bertz CT molecular complexity index is 751. The summed E-state index contributed by atoms with van der Waals surface area (Å²) in [5.74, 6) is -0.219. The molecule has 0 aliphatic carbocycles. The maximum atomic E-state index is 12.5. The fraction of sp³-hybridized carbons (Fsp3) is 0.250. The van der Waals surface area contributed by atoms with Gasteiger partial charge in [0.15, 0.2) is 0 Å². The van der Waals surface area contributed by atoms with Crippen molar-refractivity contribution in [2.24, 2.45) is 7.05 Å². The van der Waals surface area contributed by atoms with Crippen molar-refractivity contribution < 1.29 is 9.59 Å². The van der Waals surface area contributed by atoms with Crippen molar-refractivity contribution in [3.05, 3.63) is 53.1 Å². The van der Waals surface area contributed by atoms with Gasteiger partial charge in [-0.15, -0.1) is 0 Å². The van der Waals surface area contributed by atoms with Gasteiger partial charge in [-0.05, 0) is 24.3 Å². The van der Waals surface area contributed by atoms with Crippen LogP contribution in [0.3, 0.4) is 0 Å². The van der Waals surface area contributed by atoms with Crippen LogP contribution in [0.5, 0.6) is 0 Å². The Morgan fingerprint density at radius 2 is 2.00 bits per heavy atom. The number of likely N-dealkylation sites (N-methyl/N-ethyl adjacent to an activating group) is 1. The molecule has 1 amide bonds. The first-order chi connectivity index (χ1) is 10.4. The lowest BCUT2D eigenvalue weighted by Gasteiger charge is -2.11. The average Bonchev–Trinajstić information content (AvgIpc) is 2.87. The third kappa shape index (κ3) is 3.04. The number of ketones is 1. The second-order valence-electron chi connectivity index (χ2n) is 5.11.